The second kappa shape index (κ2) is 9.61. The third kappa shape index (κ3) is 6.00. The van der Waals surface area contributed by atoms with Crippen molar-refractivity contribution in [3.05, 3.63) is 89.3 Å². The van der Waals surface area contributed by atoms with E-state index in [1.54, 1.807) is 31.5 Å². The molecule has 1 N–H and O–H groups in total. The highest BCUT2D eigenvalue weighted by molar-refractivity contribution is 7.91. The van der Waals surface area contributed by atoms with E-state index < -0.39 is 27.5 Å². The molecule has 0 radical (unpaired) electrons. The van der Waals surface area contributed by atoms with Crippen LogP contribution in [0.4, 0.5) is 18.9 Å². The SMILES string of the molecule is Cc1nc(Oc2ccc(NS(=O)(=O)Cc3ccc(C(F)(F)F)cc3)cc2)cc(-n2cnc(C)c2C)n1. The molecule has 12 heteroatoms. The molecule has 4 aromatic rings. The van der Waals surface area contributed by atoms with E-state index in [9.17, 15) is 21.6 Å². The summed E-state index contributed by atoms with van der Waals surface area (Å²) in [7, 11) is -3.85. The van der Waals surface area contributed by atoms with Crippen LogP contribution in [0.2, 0.25) is 0 Å². The molecule has 0 saturated carbocycles. The van der Waals surface area contributed by atoms with Crippen LogP contribution < -0.4 is 9.46 Å². The van der Waals surface area contributed by atoms with Gasteiger partial charge in [0.1, 0.15) is 23.7 Å². The van der Waals surface area contributed by atoms with E-state index in [0.717, 1.165) is 35.7 Å². The number of rotatable bonds is 7. The van der Waals surface area contributed by atoms with Gasteiger partial charge in [-0.25, -0.2) is 18.4 Å². The van der Waals surface area contributed by atoms with Crippen molar-refractivity contribution in [3.63, 3.8) is 0 Å². The van der Waals surface area contributed by atoms with E-state index in [0.29, 0.717) is 23.3 Å². The van der Waals surface area contributed by atoms with Crippen LogP contribution in [-0.2, 0) is 22.0 Å². The highest BCUT2D eigenvalue weighted by atomic mass is 32.2. The minimum absolute atomic E-state index is 0.230. The van der Waals surface area contributed by atoms with Gasteiger partial charge in [0.2, 0.25) is 15.9 Å². The van der Waals surface area contributed by atoms with Gasteiger partial charge in [0, 0.05) is 17.4 Å². The Morgan fingerprint density at radius 2 is 1.64 bits per heavy atom. The molecule has 2 heterocycles. The lowest BCUT2D eigenvalue weighted by Crippen LogP contribution is -2.15. The minimum atomic E-state index is -4.48. The number of ether oxygens (including phenoxy) is 1. The Balaban J connectivity index is 1.44. The Morgan fingerprint density at radius 1 is 0.972 bits per heavy atom. The lowest BCUT2D eigenvalue weighted by Gasteiger charge is -2.11. The summed E-state index contributed by atoms with van der Waals surface area (Å²) in [4.78, 5) is 13.0. The van der Waals surface area contributed by atoms with Gasteiger partial charge in [-0.05, 0) is 62.7 Å². The summed E-state index contributed by atoms with van der Waals surface area (Å²) in [6.07, 6.45) is -2.81. The zero-order chi connectivity index (χ0) is 26.1. The smallest absolute Gasteiger partial charge is 0.416 e. The fourth-order valence-electron chi connectivity index (χ4n) is 3.37. The van der Waals surface area contributed by atoms with E-state index in [1.165, 1.54) is 12.1 Å². The average molecular weight is 518 g/mol. The van der Waals surface area contributed by atoms with Gasteiger partial charge in [-0.15, -0.1) is 0 Å². The molecule has 0 fully saturated rings. The number of anilines is 1. The molecule has 0 unspecified atom stereocenters. The number of aromatic nitrogens is 4. The number of hydrogen-bond donors (Lipinski definition) is 1. The van der Waals surface area contributed by atoms with Gasteiger partial charge in [-0.1, -0.05) is 12.1 Å². The van der Waals surface area contributed by atoms with Crippen LogP contribution in [0, 0.1) is 20.8 Å². The lowest BCUT2D eigenvalue weighted by atomic mass is 10.1. The Labute approximate surface area is 205 Å². The summed E-state index contributed by atoms with van der Waals surface area (Å²) in [5.41, 5.74) is 1.48. The van der Waals surface area contributed by atoms with Crippen molar-refractivity contribution >= 4 is 15.7 Å². The molecule has 0 spiro atoms. The second-order valence-corrected chi connectivity index (χ2v) is 9.80. The van der Waals surface area contributed by atoms with Gasteiger partial charge in [0.05, 0.1) is 17.0 Å². The van der Waals surface area contributed by atoms with Crippen LogP contribution in [0.15, 0.2) is 60.9 Å². The van der Waals surface area contributed by atoms with Gasteiger partial charge >= 0.3 is 6.18 Å². The molecule has 2 aromatic heterocycles. The van der Waals surface area contributed by atoms with Gasteiger partial charge in [0.15, 0.2) is 0 Å². The molecule has 8 nitrogen and oxygen atoms in total. The molecule has 36 heavy (non-hydrogen) atoms. The molecule has 188 valence electrons. The van der Waals surface area contributed by atoms with Crippen molar-refractivity contribution in [2.75, 3.05) is 4.72 Å². The highest BCUT2D eigenvalue weighted by Crippen LogP contribution is 2.29. The van der Waals surface area contributed by atoms with Gasteiger partial charge < -0.3 is 4.74 Å². The standard InChI is InChI=1S/C24H22F3N5O3S/c1-15-16(2)32(14-28-15)22-12-23(30-17(3)29-22)35-21-10-8-20(9-11-21)31-36(33,34)13-18-4-6-19(7-5-18)24(25,26)27/h4-12,14,31H,13H2,1-3H3. The monoisotopic (exact) mass is 517 g/mol. The summed E-state index contributed by atoms with van der Waals surface area (Å²) in [6, 6.07) is 11.8. The fourth-order valence-corrected chi connectivity index (χ4v) is 4.57. The summed E-state index contributed by atoms with van der Waals surface area (Å²) >= 11 is 0. The number of imidazole rings is 1. The Kier molecular flexibility index (Phi) is 6.72. The van der Waals surface area contributed by atoms with Crippen LogP contribution in [0.25, 0.3) is 5.82 Å². The number of halogens is 3. The second-order valence-electron chi connectivity index (χ2n) is 8.08. The number of sulfonamides is 1. The zero-order valence-electron chi connectivity index (χ0n) is 19.5. The van der Waals surface area contributed by atoms with E-state index in [-0.39, 0.29) is 11.3 Å². The first-order chi connectivity index (χ1) is 16.9. The molecular weight excluding hydrogens is 495 g/mol. The quantitative estimate of drug-likeness (QED) is 0.355. The predicted molar refractivity (Wildman–Crippen MR) is 128 cm³/mol. The van der Waals surface area contributed by atoms with Gasteiger partial charge in [0.25, 0.3) is 0 Å². The highest BCUT2D eigenvalue weighted by Gasteiger charge is 2.30. The van der Waals surface area contributed by atoms with Crippen LogP contribution in [0.3, 0.4) is 0 Å². The number of benzene rings is 2. The lowest BCUT2D eigenvalue weighted by molar-refractivity contribution is -0.137. The van der Waals surface area contributed by atoms with Crippen molar-refractivity contribution in [2.24, 2.45) is 0 Å². The number of hydrogen-bond acceptors (Lipinski definition) is 6. The normalized spacial score (nSPS) is 11.9. The number of nitrogens with one attached hydrogen (secondary N) is 1. The van der Waals surface area contributed by atoms with Crippen molar-refractivity contribution in [3.8, 4) is 17.4 Å². The molecule has 0 aliphatic rings. The van der Waals surface area contributed by atoms with E-state index in [2.05, 4.69) is 19.7 Å². The Bertz CT molecular complexity index is 1480. The summed E-state index contributed by atoms with van der Waals surface area (Å²) < 4.78 is 73.1. The van der Waals surface area contributed by atoms with Crippen molar-refractivity contribution in [1.82, 2.24) is 19.5 Å². The van der Waals surface area contributed by atoms with Crippen molar-refractivity contribution in [2.45, 2.75) is 32.7 Å². The molecule has 4 rings (SSSR count). The first-order valence-electron chi connectivity index (χ1n) is 10.7. The molecule has 0 aliphatic heterocycles. The molecule has 0 aliphatic carbocycles. The molecular formula is C24H22F3N5O3S. The van der Waals surface area contributed by atoms with Crippen LogP contribution >= 0.6 is 0 Å². The van der Waals surface area contributed by atoms with E-state index >= 15 is 0 Å². The van der Waals surface area contributed by atoms with E-state index in [4.69, 9.17) is 4.74 Å². The molecule has 0 atom stereocenters. The van der Waals surface area contributed by atoms with Crippen molar-refractivity contribution < 1.29 is 26.3 Å². The number of alkyl halides is 3. The van der Waals surface area contributed by atoms with Crippen LogP contribution in [0.1, 0.15) is 28.3 Å². The van der Waals surface area contributed by atoms with Crippen molar-refractivity contribution in [1.29, 1.82) is 0 Å². The van der Waals surface area contributed by atoms with E-state index in [1.807, 2.05) is 18.4 Å². The van der Waals surface area contributed by atoms with Crippen LogP contribution in [-0.4, -0.2) is 27.9 Å². The average Bonchev–Trinajstić information content (AvgIpc) is 3.12. The third-order valence-corrected chi connectivity index (χ3v) is 6.55. The predicted octanol–water partition coefficient (Wildman–Crippen LogP) is 5.34. The first-order valence-corrected chi connectivity index (χ1v) is 12.4. The number of aryl methyl sites for hydroxylation is 2. The maximum atomic E-state index is 12.7. The summed E-state index contributed by atoms with van der Waals surface area (Å²) in [5, 5.41) is 0. The first kappa shape index (κ1) is 25.2. The Hall–Kier alpha value is -3.93. The topological polar surface area (TPSA) is 99.0 Å². The van der Waals surface area contributed by atoms with Gasteiger partial charge in [-0.2, -0.15) is 18.2 Å². The maximum absolute atomic E-state index is 12.7. The minimum Gasteiger partial charge on any atom is -0.439 e. The molecule has 0 bridgehead atoms. The third-order valence-electron chi connectivity index (χ3n) is 5.29. The molecule has 0 amide bonds. The zero-order valence-corrected chi connectivity index (χ0v) is 20.4. The number of nitrogens with zero attached hydrogens (tertiary/aromatic N) is 4. The largest absolute Gasteiger partial charge is 0.439 e. The fraction of sp³-hybridized carbons (Fsp3) is 0.208. The summed E-state index contributed by atoms with van der Waals surface area (Å²) in [6.45, 7) is 5.57. The molecule has 2 aromatic carbocycles. The van der Waals surface area contributed by atoms with Crippen LogP contribution in [0.5, 0.6) is 11.6 Å². The maximum Gasteiger partial charge on any atom is 0.416 e. The Morgan fingerprint density at radius 3 is 2.22 bits per heavy atom. The van der Waals surface area contributed by atoms with Gasteiger partial charge in [-0.3, -0.25) is 9.29 Å². The summed E-state index contributed by atoms with van der Waals surface area (Å²) in [5.74, 6) is 1.35. The molecule has 0 saturated heterocycles.